The van der Waals surface area contributed by atoms with Gasteiger partial charge in [-0.05, 0) is 13.8 Å². The summed E-state index contributed by atoms with van der Waals surface area (Å²) in [5.41, 5.74) is 5.06. The molecule has 1 aliphatic heterocycles. The minimum Gasteiger partial charge on any atom is -0.387 e. The Morgan fingerprint density at radius 3 is 2.48 bits per heavy atom. The van der Waals surface area contributed by atoms with E-state index in [4.69, 9.17) is 24.0 Å². The molecule has 0 radical (unpaired) electrons. The number of carbonyl (C=O) groups is 1. The number of ether oxygens (including phenoxy) is 1. The van der Waals surface area contributed by atoms with Crippen LogP contribution in [-0.4, -0.2) is 69.0 Å². The molecule has 2 rings (SSSR count). The zero-order valence-electron chi connectivity index (χ0n) is 13.7. The molecule has 1 amide bonds. The molecule has 1 fully saturated rings. The Balaban J connectivity index is 2.03. The zero-order chi connectivity index (χ0) is 18.6. The van der Waals surface area contributed by atoms with E-state index in [-0.39, 0.29) is 25.6 Å². The van der Waals surface area contributed by atoms with Gasteiger partial charge in [0.1, 0.15) is 24.6 Å². The van der Waals surface area contributed by atoms with Gasteiger partial charge in [-0.25, -0.2) is 14.2 Å². The highest BCUT2D eigenvalue weighted by Gasteiger charge is 2.45. The number of phosphoric ester groups is 1. The van der Waals surface area contributed by atoms with Crippen molar-refractivity contribution in [3.63, 3.8) is 0 Å². The number of aromatic nitrogens is 3. The van der Waals surface area contributed by atoms with Gasteiger partial charge in [0.25, 0.3) is 5.91 Å². The number of nitrogens with two attached hydrogens (primary N) is 1. The number of rotatable bonds is 9. The lowest BCUT2D eigenvalue weighted by Gasteiger charge is -2.20. The molecule has 142 valence electrons. The van der Waals surface area contributed by atoms with E-state index in [1.807, 2.05) is 0 Å². The van der Waals surface area contributed by atoms with Crippen LogP contribution >= 0.6 is 7.82 Å². The molecule has 12 nitrogen and oxygen atoms in total. The third-order valence-electron chi connectivity index (χ3n) is 3.30. The maximum Gasteiger partial charge on any atom is 0.474 e. The lowest BCUT2D eigenvalue weighted by Crippen LogP contribution is -2.33. The molecule has 4 N–H and O–H groups in total. The molecule has 0 bridgehead atoms. The average molecular weight is 380 g/mol. The summed E-state index contributed by atoms with van der Waals surface area (Å²) in [7, 11) is -3.79. The summed E-state index contributed by atoms with van der Waals surface area (Å²) in [5.74, 6) is -1.11. The Morgan fingerprint density at radius 2 is 1.96 bits per heavy atom. The molecule has 1 aromatic heterocycles. The number of hydrogen-bond acceptors (Lipinski definition) is 10. The van der Waals surface area contributed by atoms with Gasteiger partial charge >= 0.3 is 7.82 Å². The first-order valence-electron chi connectivity index (χ1n) is 7.57. The molecule has 1 saturated heterocycles. The Morgan fingerprint density at radius 1 is 1.32 bits per heavy atom. The number of hydrogen-bond donors (Lipinski definition) is 3. The van der Waals surface area contributed by atoms with Crippen LogP contribution in [0, 0.1) is 0 Å². The molecule has 0 unspecified atom stereocenters. The molecule has 0 spiro atoms. The van der Waals surface area contributed by atoms with Crippen molar-refractivity contribution in [1.29, 1.82) is 0 Å². The van der Waals surface area contributed by atoms with Gasteiger partial charge in [-0.3, -0.25) is 18.4 Å². The number of carbonyl (C=O) groups excluding carboxylic acids is 1. The van der Waals surface area contributed by atoms with Gasteiger partial charge in [0, 0.05) is 0 Å². The molecule has 2 heterocycles. The van der Waals surface area contributed by atoms with Crippen molar-refractivity contribution in [3.8, 4) is 0 Å². The fourth-order valence-corrected chi connectivity index (χ4v) is 3.37. The zero-order valence-corrected chi connectivity index (χ0v) is 14.6. The van der Waals surface area contributed by atoms with Gasteiger partial charge in [0.2, 0.25) is 5.82 Å². The fraction of sp³-hybridized carbons (Fsp3) is 0.750. The standard InChI is InChI=1S/C12H21N4O8P/c1-3-21-25(20,22-4-2)23-5-7-8(17)9(18)12(24-7)16-6-14-11(15-16)10(13)19/h6-9,12,17-18H,3-5H2,1-2H3,(H2,13,19)/t7-,8-,9-,12-/m1/s1. The summed E-state index contributed by atoms with van der Waals surface area (Å²) in [6.07, 6.45) is -3.76. The summed E-state index contributed by atoms with van der Waals surface area (Å²) in [6, 6.07) is 0. The fourth-order valence-electron chi connectivity index (χ4n) is 2.19. The van der Waals surface area contributed by atoms with E-state index in [1.54, 1.807) is 13.8 Å². The van der Waals surface area contributed by atoms with Crippen LogP contribution in [0.5, 0.6) is 0 Å². The summed E-state index contributed by atoms with van der Waals surface area (Å²) in [5, 5.41) is 23.9. The van der Waals surface area contributed by atoms with Crippen LogP contribution in [0.4, 0.5) is 0 Å². The van der Waals surface area contributed by atoms with Gasteiger partial charge in [-0.15, -0.1) is 5.10 Å². The minimum atomic E-state index is -3.79. The third kappa shape index (κ3) is 4.61. The second-order valence-corrected chi connectivity index (χ2v) is 6.71. The monoisotopic (exact) mass is 380 g/mol. The number of aliphatic hydroxyl groups excluding tert-OH is 2. The van der Waals surface area contributed by atoms with Gasteiger partial charge in [0.05, 0.1) is 19.8 Å². The van der Waals surface area contributed by atoms with Crippen molar-refractivity contribution >= 4 is 13.7 Å². The summed E-state index contributed by atoms with van der Waals surface area (Å²) < 4.78 is 33.8. The highest BCUT2D eigenvalue weighted by atomic mass is 31.2. The van der Waals surface area contributed by atoms with Crippen LogP contribution in [0.15, 0.2) is 6.33 Å². The molecule has 0 saturated carbocycles. The minimum absolute atomic E-state index is 0.103. The molecular weight excluding hydrogens is 359 g/mol. The predicted octanol–water partition coefficient (Wildman–Crippen LogP) is -0.806. The summed E-state index contributed by atoms with van der Waals surface area (Å²) in [4.78, 5) is 14.7. The van der Waals surface area contributed by atoms with Gasteiger partial charge < -0.3 is 20.7 Å². The van der Waals surface area contributed by atoms with E-state index in [0.29, 0.717) is 0 Å². The Kier molecular flexibility index (Phi) is 6.63. The Bertz CT molecular complexity index is 630. The van der Waals surface area contributed by atoms with Crippen molar-refractivity contribution in [1.82, 2.24) is 14.8 Å². The molecule has 0 aromatic carbocycles. The van der Waals surface area contributed by atoms with Crippen LogP contribution < -0.4 is 5.73 Å². The normalized spacial score (nSPS) is 26.9. The van der Waals surface area contributed by atoms with E-state index in [9.17, 15) is 19.6 Å². The van der Waals surface area contributed by atoms with Crippen molar-refractivity contribution < 1.29 is 37.9 Å². The number of aliphatic hydroxyl groups is 2. The Hall–Kier alpha value is -1.40. The summed E-state index contributed by atoms with van der Waals surface area (Å²) in [6.45, 7) is 3.09. The van der Waals surface area contributed by atoms with E-state index >= 15 is 0 Å². The van der Waals surface area contributed by atoms with Gasteiger partial charge in [-0.2, -0.15) is 0 Å². The third-order valence-corrected chi connectivity index (χ3v) is 4.91. The van der Waals surface area contributed by atoms with Gasteiger partial charge in [-0.1, -0.05) is 0 Å². The Labute approximate surface area is 143 Å². The molecule has 25 heavy (non-hydrogen) atoms. The van der Waals surface area contributed by atoms with E-state index in [0.717, 1.165) is 11.0 Å². The largest absolute Gasteiger partial charge is 0.474 e. The highest BCUT2D eigenvalue weighted by Crippen LogP contribution is 2.49. The second kappa shape index (κ2) is 8.32. The maximum absolute atomic E-state index is 12.2. The summed E-state index contributed by atoms with van der Waals surface area (Å²) >= 11 is 0. The first-order valence-corrected chi connectivity index (χ1v) is 9.03. The molecule has 4 atom stereocenters. The van der Waals surface area contributed by atoms with Gasteiger partial charge in [0.15, 0.2) is 6.23 Å². The van der Waals surface area contributed by atoms with Crippen LogP contribution in [-0.2, 0) is 22.9 Å². The van der Waals surface area contributed by atoms with E-state index in [1.165, 1.54) is 0 Å². The van der Waals surface area contributed by atoms with Crippen LogP contribution in [0.1, 0.15) is 30.7 Å². The van der Waals surface area contributed by atoms with Crippen molar-refractivity contribution in [2.75, 3.05) is 19.8 Å². The SMILES string of the molecule is CCOP(=O)(OCC)OC[C@H]1O[C@@H](n2cnc(C(N)=O)n2)[C@H](O)[C@@H]1O. The van der Waals surface area contributed by atoms with Crippen molar-refractivity contribution in [2.24, 2.45) is 5.73 Å². The van der Waals surface area contributed by atoms with Crippen molar-refractivity contribution in [2.45, 2.75) is 38.4 Å². The van der Waals surface area contributed by atoms with Crippen LogP contribution in [0.2, 0.25) is 0 Å². The lowest BCUT2D eigenvalue weighted by molar-refractivity contribution is -0.0597. The number of amides is 1. The lowest BCUT2D eigenvalue weighted by atomic mass is 10.1. The smallest absolute Gasteiger partial charge is 0.387 e. The molecule has 1 aromatic rings. The van der Waals surface area contributed by atoms with E-state index < -0.39 is 38.3 Å². The average Bonchev–Trinajstić information content (AvgIpc) is 3.13. The molecular formula is C12H21N4O8P. The molecule has 13 heteroatoms. The quantitative estimate of drug-likeness (QED) is 0.461. The van der Waals surface area contributed by atoms with Crippen LogP contribution in [0.25, 0.3) is 0 Å². The maximum atomic E-state index is 12.2. The van der Waals surface area contributed by atoms with E-state index in [2.05, 4.69) is 10.1 Å². The molecule has 1 aliphatic rings. The number of primary amides is 1. The first-order chi connectivity index (χ1) is 11.8. The topological polar surface area (TPSA) is 168 Å². The molecule has 0 aliphatic carbocycles. The number of nitrogens with zero attached hydrogens (tertiary/aromatic N) is 3. The highest BCUT2D eigenvalue weighted by molar-refractivity contribution is 7.48. The van der Waals surface area contributed by atoms with Crippen LogP contribution in [0.3, 0.4) is 0 Å². The second-order valence-electron chi connectivity index (χ2n) is 5.04. The first kappa shape index (κ1) is 19.9. The number of phosphoric acid groups is 1. The van der Waals surface area contributed by atoms with Crippen molar-refractivity contribution in [3.05, 3.63) is 12.2 Å². The predicted molar refractivity (Wildman–Crippen MR) is 81.3 cm³/mol.